The van der Waals surface area contributed by atoms with Crippen molar-refractivity contribution in [2.24, 2.45) is 11.8 Å². The standard InChI is InChI=1S/C14H13NO2/c16-13-11-8-4-5-9-12(11)14(17)15(13)10-6-2-1-3-7-10/h1-7,11-12H,8-9H2/t11-,12-/m0/s1. The zero-order chi connectivity index (χ0) is 11.8. The van der Waals surface area contributed by atoms with Crippen molar-refractivity contribution in [3.05, 3.63) is 42.5 Å². The van der Waals surface area contributed by atoms with Crippen molar-refractivity contribution in [1.29, 1.82) is 0 Å². The normalized spacial score (nSPS) is 27.4. The molecular formula is C14H13NO2. The maximum Gasteiger partial charge on any atom is 0.238 e. The summed E-state index contributed by atoms with van der Waals surface area (Å²) in [5.41, 5.74) is 0.692. The minimum absolute atomic E-state index is 0.0458. The number of amides is 2. The van der Waals surface area contributed by atoms with Crippen molar-refractivity contribution in [3.63, 3.8) is 0 Å². The van der Waals surface area contributed by atoms with Crippen molar-refractivity contribution in [2.45, 2.75) is 12.8 Å². The molecule has 1 aliphatic heterocycles. The maximum absolute atomic E-state index is 12.2. The summed E-state index contributed by atoms with van der Waals surface area (Å²) in [6.07, 6.45) is 5.39. The molecule has 0 unspecified atom stereocenters. The van der Waals surface area contributed by atoms with Gasteiger partial charge in [0.1, 0.15) is 0 Å². The van der Waals surface area contributed by atoms with Gasteiger partial charge < -0.3 is 0 Å². The molecule has 3 nitrogen and oxygen atoms in total. The average molecular weight is 227 g/mol. The van der Waals surface area contributed by atoms with Gasteiger partial charge in [-0.05, 0) is 25.0 Å². The molecule has 1 aromatic rings. The van der Waals surface area contributed by atoms with Gasteiger partial charge in [-0.3, -0.25) is 14.5 Å². The SMILES string of the molecule is O=C1[C@H]2CC=CC[C@@H]2C(=O)N1c1ccccc1. The van der Waals surface area contributed by atoms with Crippen LogP contribution in [0.1, 0.15) is 12.8 Å². The van der Waals surface area contributed by atoms with Crippen LogP contribution in [0, 0.1) is 11.8 Å². The van der Waals surface area contributed by atoms with E-state index in [4.69, 9.17) is 0 Å². The Bertz CT molecular complexity index is 466. The van der Waals surface area contributed by atoms with E-state index in [9.17, 15) is 9.59 Å². The van der Waals surface area contributed by atoms with Crippen LogP contribution in [0.3, 0.4) is 0 Å². The number of allylic oxidation sites excluding steroid dienone is 2. The summed E-state index contributed by atoms with van der Waals surface area (Å²) in [4.78, 5) is 25.8. The molecule has 1 aromatic carbocycles. The molecule has 0 N–H and O–H groups in total. The van der Waals surface area contributed by atoms with E-state index in [2.05, 4.69) is 0 Å². The quantitative estimate of drug-likeness (QED) is 0.544. The van der Waals surface area contributed by atoms with Crippen molar-refractivity contribution < 1.29 is 9.59 Å². The van der Waals surface area contributed by atoms with Crippen LogP contribution < -0.4 is 4.90 Å². The second-order valence-electron chi connectivity index (χ2n) is 4.50. The van der Waals surface area contributed by atoms with Gasteiger partial charge >= 0.3 is 0 Å². The summed E-state index contributed by atoms with van der Waals surface area (Å²) in [6, 6.07) is 9.18. The Hall–Kier alpha value is -1.90. The first-order valence-corrected chi connectivity index (χ1v) is 5.87. The van der Waals surface area contributed by atoms with Crippen LogP contribution in [0.25, 0.3) is 0 Å². The molecule has 86 valence electrons. The summed E-state index contributed by atoms with van der Waals surface area (Å²) in [6.45, 7) is 0. The zero-order valence-corrected chi connectivity index (χ0v) is 9.37. The topological polar surface area (TPSA) is 37.4 Å². The Morgan fingerprint density at radius 2 is 1.41 bits per heavy atom. The summed E-state index contributed by atoms with van der Waals surface area (Å²) < 4.78 is 0. The Kier molecular flexibility index (Phi) is 2.32. The Morgan fingerprint density at radius 3 is 1.94 bits per heavy atom. The first-order chi connectivity index (χ1) is 8.29. The van der Waals surface area contributed by atoms with Gasteiger partial charge in [-0.2, -0.15) is 0 Å². The Morgan fingerprint density at radius 1 is 0.882 bits per heavy atom. The molecule has 0 aromatic heterocycles. The van der Waals surface area contributed by atoms with E-state index in [1.165, 1.54) is 4.90 Å². The largest absolute Gasteiger partial charge is 0.274 e. The molecular weight excluding hydrogens is 214 g/mol. The highest BCUT2D eigenvalue weighted by Crippen LogP contribution is 2.37. The predicted molar refractivity (Wildman–Crippen MR) is 64.3 cm³/mol. The molecule has 0 bridgehead atoms. The van der Waals surface area contributed by atoms with E-state index in [1.807, 2.05) is 30.4 Å². The number of carbonyl (C=O) groups is 2. The third-order valence-electron chi connectivity index (χ3n) is 3.52. The molecule has 1 heterocycles. The van der Waals surface area contributed by atoms with E-state index in [1.54, 1.807) is 12.1 Å². The molecule has 1 aliphatic carbocycles. The Balaban J connectivity index is 1.98. The number of rotatable bonds is 1. The van der Waals surface area contributed by atoms with Crippen LogP contribution in [0.4, 0.5) is 5.69 Å². The molecule has 0 radical (unpaired) electrons. The first kappa shape index (κ1) is 10.3. The van der Waals surface area contributed by atoms with Gasteiger partial charge in [0.15, 0.2) is 0 Å². The van der Waals surface area contributed by atoms with Gasteiger partial charge in [-0.25, -0.2) is 0 Å². The molecule has 3 rings (SSSR count). The van der Waals surface area contributed by atoms with Gasteiger partial charge in [0.2, 0.25) is 11.8 Å². The number of anilines is 1. The van der Waals surface area contributed by atoms with Crippen molar-refractivity contribution in [1.82, 2.24) is 0 Å². The predicted octanol–water partition coefficient (Wildman–Crippen LogP) is 2.14. The van der Waals surface area contributed by atoms with Gasteiger partial charge in [0, 0.05) is 0 Å². The third kappa shape index (κ3) is 1.50. The fourth-order valence-electron chi connectivity index (χ4n) is 2.63. The fourth-order valence-corrected chi connectivity index (χ4v) is 2.63. The lowest BCUT2D eigenvalue weighted by Crippen LogP contribution is -2.30. The fraction of sp³-hybridized carbons (Fsp3) is 0.286. The van der Waals surface area contributed by atoms with Crippen molar-refractivity contribution >= 4 is 17.5 Å². The number of hydrogen-bond donors (Lipinski definition) is 0. The first-order valence-electron chi connectivity index (χ1n) is 5.87. The van der Waals surface area contributed by atoms with Gasteiger partial charge in [-0.1, -0.05) is 30.4 Å². The van der Waals surface area contributed by atoms with E-state index < -0.39 is 0 Å². The molecule has 17 heavy (non-hydrogen) atoms. The minimum Gasteiger partial charge on any atom is -0.274 e. The van der Waals surface area contributed by atoms with Crippen LogP contribution in [-0.4, -0.2) is 11.8 Å². The van der Waals surface area contributed by atoms with Crippen LogP contribution in [-0.2, 0) is 9.59 Å². The lowest BCUT2D eigenvalue weighted by Gasteiger charge is -2.14. The van der Waals surface area contributed by atoms with Crippen LogP contribution in [0.15, 0.2) is 42.5 Å². The second-order valence-corrected chi connectivity index (χ2v) is 4.50. The summed E-state index contributed by atoms with van der Waals surface area (Å²) >= 11 is 0. The van der Waals surface area contributed by atoms with Crippen LogP contribution in [0.5, 0.6) is 0 Å². The number of fused-ring (bicyclic) bond motifs is 1. The summed E-state index contributed by atoms with van der Waals surface area (Å²) in [5, 5.41) is 0. The maximum atomic E-state index is 12.2. The molecule has 2 amide bonds. The van der Waals surface area contributed by atoms with Gasteiger partial charge in [-0.15, -0.1) is 0 Å². The van der Waals surface area contributed by atoms with Crippen molar-refractivity contribution in [2.75, 3.05) is 4.90 Å². The summed E-state index contributed by atoms with van der Waals surface area (Å²) in [5.74, 6) is -0.383. The highest BCUT2D eigenvalue weighted by Gasteiger charge is 2.47. The number of carbonyl (C=O) groups excluding carboxylic acids is 2. The number of hydrogen-bond acceptors (Lipinski definition) is 2. The molecule has 3 heteroatoms. The number of para-hydroxylation sites is 1. The number of imide groups is 1. The zero-order valence-electron chi connectivity index (χ0n) is 9.37. The molecule has 2 aliphatic rings. The van der Waals surface area contributed by atoms with E-state index >= 15 is 0 Å². The monoisotopic (exact) mass is 227 g/mol. The average Bonchev–Trinajstić information content (AvgIpc) is 2.64. The molecule has 1 fully saturated rings. The van der Waals surface area contributed by atoms with E-state index in [0.717, 1.165) is 0 Å². The molecule has 1 saturated heterocycles. The lowest BCUT2D eigenvalue weighted by molar-refractivity contribution is -0.122. The Labute approximate surface area is 99.7 Å². The van der Waals surface area contributed by atoms with Gasteiger partial charge in [0.25, 0.3) is 0 Å². The lowest BCUT2D eigenvalue weighted by atomic mass is 9.85. The molecule has 0 spiro atoms. The van der Waals surface area contributed by atoms with Crippen molar-refractivity contribution in [3.8, 4) is 0 Å². The van der Waals surface area contributed by atoms with Crippen LogP contribution >= 0.6 is 0 Å². The minimum atomic E-state index is -0.146. The molecule has 2 atom stereocenters. The van der Waals surface area contributed by atoms with Gasteiger partial charge in [0.05, 0.1) is 17.5 Å². The number of nitrogens with zero attached hydrogens (tertiary/aromatic N) is 1. The third-order valence-corrected chi connectivity index (χ3v) is 3.52. The second kappa shape index (κ2) is 3.84. The highest BCUT2D eigenvalue weighted by molar-refractivity contribution is 6.22. The summed E-state index contributed by atoms with van der Waals surface area (Å²) in [7, 11) is 0. The smallest absolute Gasteiger partial charge is 0.238 e. The van der Waals surface area contributed by atoms with E-state index in [-0.39, 0.29) is 23.7 Å². The van der Waals surface area contributed by atoms with E-state index in [0.29, 0.717) is 18.5 Å². The number of benzene rings is 1. The van der Waals surface area contributed by atoms with Crippen LogP contribution in [0.2, 0.25) is 0 Å². The molecule has 0 saturated carbocycles. The highest BCUT2D eigenvalue weighted by atomic mass is 16.2.